The predicted molar refractivity (Wildman–Crippen MR) is 117 cm³/mol. The Morgan fingerprint density at radius 3 is 2.30 bits per heavy atom. The molecule has 1 fully saturated rings. The summed E-state index contributed by atoms with van der Waals surface area (Å²) in [6.07, 6.45) is 0. The van der Waals surface area contributed by atoms with Gasteiger partial charge in [0.25, 0.3) is 5.91 Å². The number of carbonyl (C=O) groups is 1. The number of sulfonamides is 1. The first-order valence-electron chi connectivity index (χ1n) is 10.1. The fourth-order valence-electron chi connectivity index (χ4n) is 3.12. The van der Waals surface area contributed by atoms with Crippen molar-refractivity contribution in [1.82, 2.24) is 9.21 Å². The molecule has 30 heavy (non-hydrogen) atoms. The number of hydrogen-bond acceptors (Lipinski definition) is 5. The van der Waals surface area contributed by atoms with Crippen LogP contribution >= 0.6 is 0 Å². The van der Waals surface area contributed by atoms with E-state index in [9.17, 15) is 13.2 Å². The monoisotopic (exact) mass is 431 g/mol. The fraction of sp³-hybridized carbons (Fsp3) is 0.409. The summed E-state index contributed by atoms with van der Waals surface area (Å²) in [5.41, 5.74) is 0.961. The lowest BCUT2D eigenvalue weighted by molar-refractivity contribution is 0.102. The van der Waals surface area contributed by atoms with Gasteiger partial charge in [-0.05, 0) is 49.4 Å². The Morgan fingerprint density at radius 2 is 1.67 bits per heavy atom. The molecule has 0 radical (unpaired) electrons. The van der Waals surface area contributed by atoms with Gasteiger partial charge in [-0.25, -0.2) is 8.42 Å². The number of carbonyl (C=O) groups excluding carboxylic acids is 1. The summed E-state index contributed by atoms with van der Waals surface area (Å²) in [5, 5.41) is 2.82. The van der Waals surface area contributed by atoms with Crippen molar-refractivity contribution in [3.05, 3.63) is 54.1 Å². The van der Waals surface area contributed by atoms with Crippen LogP contribution in [0.3, 0.4) is 0 Å². The first-order valence-corrected chi connectivity index (χ1v) is 11.5. The molecule has 7 nitrogen and oxygen atoms in total. The third-order valence-corrected chi connectivity index (χ3v) is 6.83. The molecule has 1 amide bonds. The number of anilines is 1. The van der Waals surface area contributed by atoms with Crippen molar-refractivity contribution in [3.63, 3.8) is 0 Å². The quantitative estimate of drug-likeness (QED) is 0.729. The number of hydrogen-bond donors (Lipinski definition) is 1. The highest BCUT2D eigenvalue weighted by Gasteiger charge is 2.27. The highest BCUT2D eigenvalue weighted by atomic mass is 32.2. The number of nitrogens with zero attached hydrogens (tertiary/aromatic N) is 2. The Balaban J connectivity index is 1.70. The van der Waals surface area contributed by atoms with Gasteiger partial charge < -0.3 is 15.0 Å². The molecule has 8 heteroatoms. The molecule has 0 spiro atoms. The average Bonchev–Trinajstić information content (AvgIpc) is 2.73. The van der Waals surface area contributed by atoms with Crippen LogP contribution in [0.4, 0.5) is 5.69 Å². The molecule has 3 rings (SSSR count). The van der Waals surface area contributed by atoms with Crippen molar-refractivity contribution >= 4 is 21.6 Å². The van der Waals surface area contributed by atoms with E-state index in [0.29, 0.717) is 55.7 Å². The van der Waals surface area contributed by atoms with Gasteiger partial charge in [-0.1, -0.05) is 26.0 Å². The number of piperazine rings is 1. The van der Waals surface area contributed by atoms with Crippen molar-refractivity contribution in [3.8, 4) is 5.75 Å². The molecule has 1 saturated heterocycles. The van der Waals surface area contributed by atoms with Gasteiger partial charge in [-0.2, -0.15) is 4.31 Å². The van der Waals surface area contributed by atoms with Gasteiger partial charge in [-0.15, -0.1) is 0 Å². The highest BCUT2D eigenvalue weighted by Crippen LogP contribution is 2.23. The first kappa shape index (κ1) is 22.3. The Morgan fingerprint density at radius 1 is 1.03 bits per heavy atom. The lowest BCUT2D eigenvalue weighted by atomic mass is 10.1. The molecule has 1 aliphatic rings. The van der Waals surface area contributed by atoms with E-state index in [2.05, 4.69) is 10.2 Å². The smallest absolute Gasteiger partial charge is 0.259 e. The number of benzene rings is 2. The molecule has 0 aromatic heterocycles. The fourth-order valence-corrected chi connectivity index (χ4v) is 4.54. The molecular weight excluding hydrogens is 402 g/mol. The third kappa shape index (κ3) is 5.38. The minimum atomic E-state index is -3.53. The average molecular weight is 432 g/mol. The Hall–Kier alpha value is -2.42. The summed E-state index contributed by atoms with van der Waals surface area (Å²) in [6, 6.07) is 13.4. The van der Waals surface area contributed by atoms with Crippen LogP contribution in [-0.4, -0.2) is 63.4 Å². The zero-order valence-electron chi connectivity index (χ0n) is 17.7. The molecule has 0 saturated carbocycles. The molecule has 0 bridgehead atoms. The second kappa shape index (κ2) is 9.59. The number of para-hydroxylation sites is 1. The van der Waals surface area contributed by atoms with Gasteiger partial charge in [0.2, 0.25) is 10.0 Å². The first-order chi connectivity index (χ1) is 14.3. The van der Waals surface area contributed by atoms with Crippen LogP contribution in [0.2, 0.25) is 0 Å². The van der Waals surface area contributed by atoms with Crippen LogP contribution < -0.4 is 10.1 Å². The Labute approximate surface area is 178 Å². The SMILES string of the molecule is CC(C)COc1ccccc1C(=O)Nc1ccc(S(=O)(=O)N2CCN(C)CC2)cc1. The topological polar surface area (TPSA) is 78.9 Å². The van der Waals surface area contributed by atoms with E-state index in [-0.39, 0.29) is 10.8 Å². The molecule has 0 unspecified atom stereocenters. The minimum Gasteiger partial charge on any atom is -0.492 e. The summed E-state index contributed by atoms with van der Waals surface area (Å²) >= 11 is 0. The second-order valence-corrected chi connectivity index (χ2v) is 9.82. The summed E-state index contributed by atoms with van der Waals surface area (Å²) in [7, 11) is -1.55. The second-order valence-electron chi connectivity index (χ2n) is 7.89. The molecule has 0 aliphatic carbocycles. The van der Waals surface area contributed by atoms with Crippen LogP contribution in [0.25, 0.3) is 0 Å². The van der Waals surface area contributed by atoms with Crippen molar-refractivity contribution < 1.29 is 17.9 Å². The maximum absolute atomic E-state index is 12.8. The highest BCUT2D eigenvalue weighted by molar-refractivity contribution is 7.89. The zero-order valence-corrected chi connectivity index (χ0v) is 18.5. The van der Waals surface area contributed by atoms with Crippen LogP contribution in [-0.2, 0) is 10.0 Å². The molecule has 1 aliphatic heterocycles. The van der Waals surface area contributed by atoms with Gasteiger partial charge in [0, 0.05) is 31.9 Å². The van der Waals surface area contributed by atoms with Crippen molar-refractivity contribution in [2.75, 3.05) is 45.2 Å². The van der Waals surface area contributed by atoms with E-state index < -0.39 is 10.0 Å². The van der Waals surface area contributed by atoms with Gasteiger partial charge in [0.05, 0.1) is 17.1 Å². The number of rotatable bonds is 7. The van der Waals surface area contributed by atoms with Gasteiger partial charge in [0.1, 0.15) is 5.75 Å². The van der Waals surface area contributed by atoms with Gasteiger partial charge in [-0.3, -0.25) is 4.79 Å². The van der Waals surface area contributed by atoms with E-state index >= 15 is 0 Å². The number of nitrogens with one attached hydrogen (secondary N) is 1. The van der Waals surface area contributed by atoms with Crippen LogP contribution in [0.5, 0.6) is 5.75 Å². The lowest BCUT2D eigenvalue weighted by Crippen LogP contribution is -2.46. The maximum atomic E-state index is 12.8. The van der Waals surface area contributed by atoms with Crippen LogP contribution in [0.15, 0.2) is 53.4 Å². The van der Waals surface area contributed by atoms with E-state index in [0.717, 1.165) is 0 Å². The zero-order chi connectivity index (χ0) is 21.7. The summed E-state index contributed by atoms with van der Waals surface area (Å²) < 4.78 is 32.9. The molecular formula is C22H29N3O4S. The van der Waals surface area contributed by atoms with Crippen molar-refractivity contribution in [1.29, 1.82) is 0 Å². The number of ether oxygens (including phenoxy) is 1. The molecule has 1 heterocycles. The molecule has 0 atom stereocenters. The Bertz CT molecular complexity index is 966. The van der Waals surface area contributed by atoms with Gasteiger partial charge >= 0.3 is 0 Å². The number of likely N-dealkylation sites (N-methyl/N-ethyl adjacent to an activating group) is 1. The van der Waals surface area contributed by atoms with E-state index in [4.69, 9.17) is 4.74 Å². The maximum Gasteiger partial charge on any atom is 0.259 e. The summed E-state index contributed by atoms with van der Waals surface area (Å²) in [4.78, 5) is 15.0. The largest absolute Gasteiger partial charge is 0.492 e. The molecule has 1 N–H and O–H groups in total. The summed E-state index contributed by atoms with van der Waals surface area (Å²) in [5.74, 6) is 0.568. The van der Waals surface area contributed by atoms with Crippen molar-refractivity contribution in [2.45, 2.75) is 18.7 Å². The Kier molecular flexibility index (Phi) is 7.12. The third-order valence-electron chi connectivity index (χ3n) is 4.92. The van der Waals surface area contributed by atoms with Gasteiger partial charge in [0.15, 0.2) is 0 Å². The minimum absolute atomic E-state index is 0.228. The standard InChI is InChI=1S/C22H29N3O4S/c1-17(2)16-29-21-7-5-4-6-20(21)22(26)23-18-8-10-19(11-9-18)30(27,28)25-14-12-24(3)13-15-25/h4-11,17H,12-16H2,1-3H3,(H,23,26). The van der Waals surface area contributed by atoms with E-state index in [1.54, 1.807) is 30.3 Å². The van der Waals surface area contributed by atoms with Crippen LogP contribution in [0.1, 0.15) is 24.2 Å². The van der Waals surface area contributed by atoms with Crippen molar-refractivity contribution in [2.24, 2.45) is 5.92 Å². The van der Waals surface area contributed by atoms with Crippen LogP contribution in [0, 0.1) is 5.92 Å². The molecule has 2 aromatic rings. The normalized spacial score (nSPS) is 15.9. The van der Waals surface area contributed by atoms with E-state index in [1.807, 2.05) is 27.0 Å². The predicted octanol–water partition coefficient (Wildman–Crippen LogP) is 2.91. The summed E-state index contributed by atoms with van der Waals surface area (Å²) in [6.45, 7) is 6.98. The molecule has 2 aromatic carbocycles. The molecule has 162 valence electrons. The van der Waals surface area contributed by atoms with E-state index in [1.165, 1.54) is 16.4 Å². The lowest BCUT2D eigenvalue weighted by Gasteiger charge is -2.31. The number of amides is 1.